The molecule has 0 saturated carbocycles. The van der Waals surface area contributed by atoms with Crippen molar-refractivity contribution in [3.05, 3.63) is 0 Å². The second-order valence-electron chi connectivity index (χ2n) is 4.75. The molecule has 0 atom stereocenters. The van der Waals surface area contributed by atoms with Gasteiger partial charge in [0.15, 0.2) is 0 Å². The summed E-state index contributed by atoms with van der Waals surface area (Å²) in [5.74, 6) is 1.94. The second kappa shape index (κ2) is 6.64. The molecule has 0 N–H and O–H groups in total. The van der Waals surface area contributed by atoms with Crippen molar-refractivity contribution in [3.8, 4) is 0 Å². The molecule has 1 amide bonds. The van der Waals surface area contributed by atoms with Gasteiger partial charge in [-0.05, 0) is 18.8 Å². The van der Waals surface area contributed by atoms with Crippen LogP contribution in [0.1, 0.15) is 19.8 Å². The minimum Gasteiger partial charge on any atom is -0.342 e. The van der Waals surface area contributed by atoms with Gasteiger partial charge in [0.05, 0.1) is 11.5 Å². The number of sulfone groups is 1. The lowest BCUT2D eigenvalue weighted by molar-refractivity contribution is -0.129. The van der Waals surface area contributed by atoms with Crippen LogP contribution in [0, 0.1) is 5.92 Å². The molecule has 1 aliphatic heterocycles. The first kappa shape index (κ1) is 14.8. The van der Waals surface area contributed by atoms with Gasteiger partial charge in [0.1, 0.15) is 9.84 Å². The van der Waals surface area contributed by atoms with E-state index in [9.17, 15) is 13.2 Å². The third-order valence-corrected chi connectivity index (χ3v) is 5.11. The van der Waals surface area contributed by atoms with E-state index in [4.69, 9.17) is 0 Å². The fraction of sp³-hybridized carbons (Fsp3) is 0.909. The van der Waals surface area contributed by atoms with E-state index in [1.54, 1.807) is 0 Å². The Kier molecular flexibility index (Phi) is 5.79. The molecule has 0 aromatic carbocycles. The molecule has 0 aliphatic carbocycles. The van der Waals surface area contributed by atoms with Gasteiger partial charge >= 0.3 is 0 Å². The Morgan fingerprint density at radius 2 is 1.94 bits per heavy atom. The molecule has 0 aromatic heterocycles. The van der Waals surface area contributed by atoms with Crippen molar-refractivity contribution in [1.29, 1.82) is 0 Å². The van der Waals surface area contributed by atoms with Crippen LogP contribution in [0.15, 0.2) is 0 Å². The first-order chi connectivity index (χ1) is 7.88. The van der Waals surface area contributed by atoms with Gasteiger partial charge in [-0.15, -0.1) is 0 Å². The summed E-state index contributed by atoms with van der Waals surface area (Å²) in [6.45, 7) is 3.92. The van der Waals surface area contributed by atoms with Gasteiger partial charge in [-0.2, -0.15) is 11.8 Å². The first-order valence-corrected chi connectivity index (χ1v) is 9.13. The average Bonchev–Trinajstić information content (AvgIpc) is 2.24. The number of hydrogen-bond acceptors (Lipinski definition) is 4. The van der Waals surface area contributed by atoms with Crippen molar-refractivity contribution >= 4 is 27.5 Å². The van der Waals surface area contributed by atoms with Gasteiger partial charge in [-0.25, -0.2) is 8.42 Å². The number of piperidine rings is 1. The summed E-state index contributed by atoms with van der Waals surface area (Å²) in [6.07, 6.45) is 3.39. The molecule has 1 rings (SSSR count). The molecule has 0 aromatic rings. The van der Waals surface area contributed by atoms with Crippen LogP contribution in [0.4, 0.5) is 0 Å². The number of hydrogen-bond donors (Lipinski definition) is 0. The van der Waals surface area contributed by atoms with Crippen LogP contribution in [0.2, 0.25) is 0 Å². The summed E-state index contributed by atoms with van der Waals surface area (Å²) in [5, 5.41) is 0. The summed E-state index contributed by atoms with van der Waals surface area (Å²) in [7, 11) is -2.90. The number of carbonyl (C=O) groups is 1. The zero-order chi connectivity index (χ0) is 12.9. The normalized spacial score (nSPS) is 18.4. The van der Waals surface area contributed by atoms with Gasteiger partial charge < -0.3 is 4.90 Å². The van der Waals surface area contributed by atoms with Crippen molar-refractivity contribution in [1.82, 2.24) is 4.90 Å². The van der Waals surface area contributed by atoms with E-state index >= 15 is 0 Å². The van der Waals surface area contributed by atoms with Crippen LogP contribution < -0.4 is 0 Å². The lowest BCUT2D eigenvalue weighted by Gasteiger charge is -2.30. The largest absolute Gasteiger partial charge is 0.342 e. The highest BCUT2D eigenvalue weighted by Gasteiger charge is 2.19. The van der Waals surface area contributed by atoms with Gasteiger partial charge in [0.25, 0.3) is 0 Å². The molecule has 17 heavy (non-hydrogen) atoms. The lowest BCUT2D eigenvalue weighted by atomic mass is 9.99. The van der Waals surface area contributed by atoms with Crippen molar-refractivity contribution in [2.75, 3.05) is 36.6 Å². The summed E-state index contributed by atoms with van der Waals surface area (Å²) >= 11 is 1.41. The van der Waals surface area contributed by atoms with Gasteiger partial charge in [-0.1, -0.05) is 6.92 Å². The molecule has 1 fully saturated rings. The van der Waals surface area contributed by atoms with Crippen LogP contribution in [-0.2, 0) is 14.6 Å². The van der Waals surface area contributed by atoms with E-state index in [1.165, 1.54) is 18.0 Å². The molecule has 1 aliphatic rings. The van der Waals surface area contributed by atoms with Crippen molar-refractivity contribution in [2.45, 2.75) is 19.8 Å². The number of likely N-dealkylation sites (tertiary alicyclic amines) is 1. The predicted octanol–water partition coefficient (Wildman–Crippen LogP) is 1.02. The number of amides is 1. The number of rotatable bonds is 5. The minimum atomic E-state index is -2.90. The summed E-state index contributed by atoms with van der Waals surface area (Å²) < 4.78 is 21.8. The van der Waals surface area contributed by atoms with Gasteiger partial charge in [0.2, 0.25) is 5.91 Å². The Morgan fingerprint density at radius 1 is 1.35 bits per heavy atom. The van der Waals surface area contributed by atoms with Crippen molar-refractivity contribution in [3.63, 3.8) is 0 Å². The van der Waals surface area contributed by atoms with Crippen LogP contribution >= 0.6 is 11.8 Å². The zero-order valence-corrected chi connectivity index (χ0v) is 12.1. The summed E-state index contributed by atoms with van der Waals surface area (Å²) in [5.41, 5.74) is 0. The van der Waals surface area contributed by atoms with Crippen molar-refractivity contribution < 1.29 is 13.2 Å². The fourth-order valence-electron chi connectivity index (χ4n) is 1.72. The van der Waals surface area contributed by atoms with Crippen LogP contribution in [-0.4, -0.2) is 55.8 Å². The number of carbonyl (C=O) groups excluding carboxylic acids is 1. The monoisotopic (exact) mass is 279 g/mol. The summed E-state index contributed by atoms with van der Waals surface area (Å²) in [6, 6.07) is 0. The van der Waals surface area contributed by atoms with E-state index in [2.05, 4.69) is 6.92 Å². The second-order valence-corrected chi connectivity index (χ2v) is 8.11. The Hall–Kier alpha value is -0.230. The van der Waals surface area contributed by atoms with E-state index in [0.717, 1.165) is 31.8 Å². The highest BCUT2D eigenvalue weighted by molar-refractivity contribution is 8.01. The highest BCUT2D eigenvalue weighted by atomic mass is 32.2. The maximum atomic E-state index is 11.8. The number of nitrogens with zero attached hydrogens (tertiary/aromatic N) is 1. The zero-order valence-electron chi connectivity index (χ0n) is 10.5. The predicted molar refractivity (Wildman–Crippen MR) is 72.0 cm³/mol. The van der Waals surface area contributed by atoms with E-state index in [-0.39, 0.29) is 11.7 Å². The Labute approximate surface area is 108 Å². The Morgan fingerprint density at radius 3 is 2.47 bits per heavy atom. The quantitative estimate of drug-likeness (QED) is 0.705. The van der Waals surface area contributed by atoms with Crippen LogP contribution in [0.3, 0.4) is 0 Å². The minimum absolute atomic E-state index is 0.149. The van der Waals surface area contributed by atoms with Crippen LogP contribution in [0.25, 0.3) is 0 Å². The Bertz CT molecular complexity index is 346. The molecular weight excluding hydrogens is 258 g/mol. The van der Waals surface area contributed by atoms with Crippen molar-refractivity contribution in [2.24, 2.45) is 5.92 Å². The maximum absolute atomic E-state index is 11.8. The fourth-order valence-corrected chi connectivity index (χ4v) is 3.90. The molecule has 0 unspecified atom stereocenters. The molecule has 4 nitrogen and oxygen atoms in total. The molecule has 1 heterocycles. The van der Waals surface area contributed by atoms with E-state index < -0.39 is 9.84 Å². The lowest BCUT2D eigenvalue weighted by Crippen LogP contribution is -2.39. The average molecular weight is 279 g/mol. The smallest absolute Gasteiger partial charge is 0.232 e. The standard InChI is InChI=1S/C11H21NO3S2/c1-10-3-5-12(6-4-10)11(13)9-16-7-8-17(2,14)15/h10H,3-9H2,1-2H3. The maximum Gasteiger partial charge on any atom is 0.232 e. The molecule has 1 saturated heterocycles. The SMILES string of the molecule is CC1CCN(C(=O)CSCCS(C)(=O)=O)CC1. The molecule has 0 bridgehead atoms. The topological polar surface area (TPSA) is 54.5 Å². The van der Waals surface area contributed by atoms with E-state index in [0.29, 0.717) is 11.5 Å². The molecular formula is C11H21NO3S2. The van der Waals surface area contributed by atoms with Gasteiger partial charge in [0, 0.05) is 25.1 Å². The third-order valence-electron chi connectivity index (χ3n) is 2.96. The van der Waals surface area contributed by atoms with E-state index in [1.807, 2.05) is 4.90 Å². The molecule has 100 valence electrons. The summed E-state index contributed by atoms with van der Waals surface area (Å²) in [4.78, 5) is 13.7. The molecule has 0 spiro atoms. The first-order valence-electron chi connectivity index (χ1n) is 5.92. The van der Waals surface area contributed by atoms with Crippen LogP contribution in [0.5, 0.6) is 0 Å². The number of thioether (sulfide) groups is 1. The molecule has 6 heteroatoms. The molecule has 0 radical (unpaired) electrons. The highest BCUT2D eigenvalue weighted by Crippen LogP contribution is 2.17. The Balaban J connectivity index is 2.17. The van der Waals surface area contributed by atoms with Gasteiger partial charge in [-0.3, -0.25) is 4.79 Å². The third kappa shape index (κ3) is 6.31.